The standard InChI is InChI=1S/C13H19NO/c1-3-9(2)15-13-6-4-5-10-11(13)7-8-12(10)14/h4-6,9,12H,3,7-8,14H2,1-2H3. The molecule has 2 rings (SSSR count). The Hall–Kier alpha value is -1.02. The van der Waals surface area contributed by atoms with Gasteiger partial charge in [0.2, 0.25) is 0 Å². The minimum Gasteiger partial charge on any atom is -0.490 e. The van der Waals surface area contributed by atoms with E-state index in [1.165, 1.54) is 11.1 Å². The predicted molar refractivity (Wildman–Crippen MR) is 62.1 cm³/mol. The molecule has 1 aliphatic carbocycles. The molecule has 82 valence electrons. The highest BCUT2D eigenvalue weighted by atomic mass is 16.5. The van der Waals surface area contributed by atoms with Crippen molar-refractivity contribution in [3.63, 3.8) is 0 Å². The van der Waals surface area contributed by atoms with E-state index in [2.05, 4.69) is 26.0 Å². The molecule has 0 aliphatic heterocycles. The first kappa shape index (κ1) is 10.5. The van der Waals surface area contributed by atoms with E-state index >= 15 is 0 Å². The molecule has 2 atom stereocenters. The Balaban J connectivity index is 2.26. The summed E-state index contributed by atoms with van der Waals surface area (Å²) in [4.78, 5) is 0. The summed E-state index contributed by atoms with van der Waals surface area (Å²) >= 11 is 0. The molecular formula is C13H19NO. The first-order chi connectivity index (χ1) is 7.22. The molecule has 0 spiro atoms. The molecular weight excluding hydrogens is 186 g/mol. The molecule has 0 amide bonds. The Kier molecular flexibility index (Phi) is 2.96. The molecule has 15 heavy (non-hydrogen) atoms. The van der Waals surface area contributed by atoms with Crippen LogP contribution in [0.15, 0.2) is 18.2 Å². The van der Waals surface area contributed by atoms with E-state index in [-0.39, 0.29) is 12.1 Å². The zero-order valence-electron chi connectivity index (χ0n) is 9.49. The van der Waals surface area contributed by atoms with Gasteiger partial charge in [-0.15, -0.1) is 0 Å². The van der Waals surface area contributed by atoms with Crippen molar-refractivity contribution in [3.8, 4) is 5.75 Å². The molecule has 0 aromatic heterocycles. The summed E-state index contributed by atoms with van der Waals surface area (Å²) in [6.45, 7) is 4.24. The number of ether oxygens (including phenoxy) is 1. The second kappa shape index (κ2) is 4.23. The third kappa shape index (κ3) is 2.00. The highest BCUT2D eigenvalue weighted by molar-refractivity contribution is 5.44. The fraction of sp³-hybridized carbons (Fsp3) is 0.538. The van der Waals surface area contributed by atoms with Crippen LogP contribution in [0.5, 0.6) is 5.75 Å². The normalized spacial score (nSPS) is 21.1. The van der Waals surface area contributed by atoms with Crippen LogP contribution in [0.3, 0.4) is 0 Å². The van der Waals surface area contributed by atoms with Crippen LogP contribution in [-0.2, 0) is 6.42 Å². The minimum atomic E-state index is 0.209. The third-order valence-corrected chi connectivity index (χ3v) is 3.18. The Bertz CT molecular complexity index is 348. The number of nitrogens with two attached hydrogens (primary N) is 1. The Morgan fingerprint density at radius 1 is 1.53 bits per heavy atom. The smallest absolute Gasteiger partial charge is 0.123 e. The second-order valence-electron chi connectivity index (χ2n) is 4.31. The van der Waals surface area contributed by atoms with Crippen LogP contribution in [0.1, 0.15) is 43.9 Å². The van der Waals surface area contributed by atoms with Gasteiger partial charge in [0.1, 0.15) is 5.75 Å². The van der Waals surface area contributed by atoms with Crippen LogP contribution >= 0.6 is 0 Å². The van der Waals surface area contributed by atoms with E-state index in [1.807, 2.05) is 6.07 Å². The van der Waals surface area contributed by atoms with Crippen molar-refractivity contribution in [2.24, 2.45) is 5.73 Å². The van der Waals surface area contributed by atoms with Crippen molar-refractivity contribution in [2.45, 2.75) is 45.3 Å². The largest absolute Gasteiger partial charge is 0.490 e. The third-order valence-electron chi connectivity index (χ3n) is 3.18. The molecule has 0 fully saturated rings. The maximum atomic E-state index is 6.02. The lowest BCUT2D eigenvalue weighted by Crippen LogP contribution is -2.11. The highest BCUT2D eigenvalue weighted by Crippen LogP contribution is 2.35. The van der Waals surface area contributed by atoms with Gasteiger partial charge in [0.15, 0.2) is 0 Å². The average Bonchev–Trinajstić information content (AvgIpc) is 2.62. The van der Waals surface area contributed by atoms with Gasteiger partial charge in [0, 0.05) is 6.04 Å². The lowest BCUT2D eigenvalue weighted by Gasteiger charge is -2.16. The van der Waals surface area contributed by atoms with Crippen LogP contribution in [0.4, 0.5) is 0 Å². The van der Waals surface area contributed by atoms with Crippen LogP contribution in [0.25, 0.3) is 0 Å². The molecule has 0 heterocycles. The first-order valence-electron chi connectivity index (χ1n) is 5.76. The molecule has 0 saturated carbocycles. The van der Waals surface area contributed by atoms with E-state index in [1.54, 1.807) is 0 Å². The fourth-order valence-corrected chi connectivity index (χ4v) is 2.06. The zero-order chi connectivity index (χ0) is 10.8. The summed E-state index contributed by atoms with van der Waals surface area (Å²) in [5.74, 6) is 1.04. The van der Waals surface area contributed by atoms with Gasteiger partial charge in [-0.25, -0.2) is 0 Å². The number of hydrogen-bond donors (Lipinski definition) is 1. The van der Waals surface area contributed by atoms with Crippen molar-refractivity contribution >= 4 is 0 Å². The summed E-state index contributed by atoms with van der Waals surface area (Å²) in [5.41, 5.74) is 8.62. The highest BCUT2D eigenvalue weighted by Gasteiger charge is 2.22. The van der Waals surface area contributed by atoms with Gasteiger partial charge in [-0.3, -0.25) is 0 Å². The average molecular weight is 205 g/mol. The number of rotatable bonds is 3. The summed E-state index contributed by atoms with van der Waals surface area (Å²) in [7, 11) is 0. The zero-order valence-corrected chi connectivity index (χ0v) is 9.49. The van der Waals surface area contributed by atoms with Crippen molar-refractivity contribution in [1.29, 1.82) is 0 Å². The molecule has 0 radical (unpaired) electrons. The van der Waals surface area contributed by atoms with Crippen molar-refractivity contribution in [1.82, 2.24) is 0 Å². The number of hydrogen-bond acceptors (Lipinski definition) is 2. The quantitative estimate of drug-likeness (QED) is 0.823. The van der Waals surface area contributed by atoms with Crippen molar-refractivity contribution in [3.05, 3.63) is 29.3 Å². The first-order valence-corrected chi connectivity index (χ1v) is 5.76. The molecule has 2 nitrogen and oxygen atoms in total. The maximum Gasteiger partial charge on any atom is 0.123 e. The SMILES string of the molecule is CCC(C)Oc1cccc2c1CCC2N. The Labute approximate surface area is 91.4 Å². The predicted octanol–water partition coefficient (Wildman–Crippen LogP) is 2.81. The van der Waals surface area contributed by atoms with Gasteiger partial charge < -0.3 is 10.5 Å². The molecule has 2 unspecified atom stereocenters. The fourth-order valence-electron chi connectivity index (χ4n) is 2.06. The van der Waals surface area contributed by atoms with Crippen LogP contribution < -0.4 is 10.5 Å². The van der Waals surface area contributed by atoms with Crippen LogP contribution in [0, 0.1) is 0 Å². The molecule has 2 N–H and O–H groups in total. The van der Waals surface area contributed by atoms with Gasteiger partial charge >= 0.3 is 0 Å². The van der Waals surface area contributed by atoms with E-state index in [0.29, 0.717) is 0 Å². The molecule has 0 bridgehead atoms. The lowest BCUT2D eigenvalue weighted by atomic mass is 10.1. The number of fused-ring (bicyclic) bond motifs is 1. The van der Waals surface area contributed by atoms with Gasteiger partial charge in [-0.1, -0.05) is 19.1 Å². The van der Waals surface area contributed by atoms with Crippen LogP contribution in [0.2, 0.25) is 0 Å². The molecule has 1 aromatic carbocycles. The van der Waals surface area contributed by atoms with Gasteiger partial charge in [-0.05, 0) is 43.4 Å². The van der Waals surface area contributed by atoms with Crippen molar-refractivity contribution in [2.75, 3.05) is 0 Å². The molecule has 0 saturated heterocycles. The van der Waals surface area contributed by atoms with Gasteiger partial charge in [0.25, 0.3) is 0 Å². The Morgan fingerprint density at radius 2 is 2.33 bits per heavy atom. The van der Waals surface area contributed by atoms with E-state index in [9.17, 15) is 0 Å². The summed E-state index contributed by atoms with van der Waals surface area (Å²) < 4.78 is 5.90. The Morgan fingerprint density at radius 3 is 3.07 bits per heavy atom. The topological polar surface area (TPSA) is 35.2 Å². The van der Waals surface area contributed by atoms with Gasteiger partial charge in [-0.2, -0.15) is 0 Å². The van der Waals surface area contributed by atoms with E-state index in [0.717, 1.165) is 25.0 Å². The summed E-state index contributed by atoms with van der Waals surface area (Å²) in [5, 5.41) is 0. The van der Waals surface area contributed by atoms with Gasteiger partial charge in [0.05, 0.1) is 6.10 Å². The second-order valence-corrected chi connectivity index (χ2v) is 4.31. The number of benzene rings is 1. The molecule has 1 aromatic rings. The monoisotopic (exact) mass is 205 g/mol. The maximum absolute atomic E-state index is 6.02. The summed E-state index contributed by atoms with van der Waals surface area (Å²) in [6, 6.07) is 6.43. The molecule has 1 aliphatic rings. The van der Waals surface area contributed by atoms with Crippen LogP contribution in [-0.4, -0.2) is 6.10 Å². The van der Waals surface area contributed by atoms with Crippen molar-refractivity contribution < 1.29 is 4.74 Å². The minimum absolute atomic E-state index is 0.209. The van der Waals surface area contributed by atoms with E-state index in [4.69, 9.17) is 10.5 Å². The summed E-state index contributed by atoms with van der Waals surface area (Å²) in [6.07, 6.45) is 3.43. The van der Waals surface area contributed by atoms with E-state index < -0.39 is 0 Å². The lowest BCUT2D eigenvalue weighted by molar-refractivity contribution is 0.215. The molecule has 2 heteroatoms.